The molecular weight excluding hydrogens is 308 g/mol. The predicted molar refractivity (Wildman–Crippen MR) is 91.0 cm³/mol. The SMILES string of the molecule is Cc1ccnc(CC(C)N(C)C(=O)Cn2cc(C)c(=O)[nH]c2=O)c1. The highest BCUT2D eigenvalue weighted by atomic mass is 16.2. The number of aromatic amines is 1. The zero-order chi connectivity index (χ0) is 17.9. The Morgan fingerprint density at radius 1 is 1.38 bits per heavy atom. The van der Waals surface area contributed by atoms with E-state index in [-0.39, 0.29) is 18.5 Å². The number of aryl methyl sites for hydroxylation is 2. The third-order valence-corrected chi connectivity index (χ3v) is 4.03. The molecule has 0 aromatic carbocycles. The summed E-state index contributed by atoms with van der Waals surface area (Å²) in [5.74, 6) is -0.205. The van der Waals surface area contributed by atoms with Gasteiger partial charge in [0.05, 0.1) is 0 Å². The third kappa shape index (κ3) is 4.18. The van der Waals surface area contributed by atoms with Crippen molar-refractivity contribution >= 4 is 5.91 Å². The van der Waals surface area contributed by atoms with Crippen LogP contribution in [0.2, 0.25) is 0 Å². The average Bonchev–Trinajstić information content (AvgIpc) is 2.51. The molecule has 1 atom stereocenters. The fraction of sp³-hybridized carbons (Fsp3) is 0.412. The van der Waals surface area contributed by atoms with Crippen LogP contribution in [-0.2, 0) is 17.8 Å². The second-order valence-corrected chi connectivity index (χ2v) is 6.08. The molecule has 0 aliphatic heterocycles. The number of carbonyl (C=O) groups is 1. The molecule has 1 N–H and O–H groups in total. The summed E-state index contributed by atoms with van der Waals surface area (Å²) in [5.41, 5.74) is 1.41. The summed E-state index contributed by atoms with van der Waals surface area (Å²) in [6.45, 7) is 5.41. The molecule has 2 aromatic heterocycles. The lowest BCUT2D eigenvalue weighted by atomic mass is 10.1. The standard InChI is InChI=1S/C17H22N4O3/c1-11-5-6-18-14(7-11)8-13(3)20(4)15(22)10-21-9-12(2)16(23)19-17(21)24/h5-7,9,13H,8,10H2,1-4H3,(H,19,23,24). The van der Waals surface area contributed by atoms with Gasteiger partial charge in [0, 0.05) is 43.2 Å². The van der Waals surface area contributed by atoms with Gasteiger partial charge in [0.1, 0.15) is 6.54 Å². The zero-order valence-corrected chi connectivity index (χ0v) is 14.4. The Kier molecular flexibility index (Phi) is 5.33. The third-order valence-electron chi connectivity index (χ3n) is 4.03. The van der Waals surface area contributed by atoms with Gasteiger partial charge in [-0.05, 0) is 38.5 Å². The highest BCUT2D eigenvalue weighted by molar-refractivity contribution is 5.76. The largest absolute Gasteiger partial charge is 0.341 e. The van der Waals surface area contributed by atoms with Crippen LogP contribution in [0.3, 0.4) is 0 Å². The van der Waals surface area contributed by atoms with E-state index in [1.807, 2.05) is 26.0 Å². The van der Waals surface area contributed by atoms with Crippen molar-refractivity contribution in [1.29, 1.82) is 0 Å². The monoisotopic (exact) mass is 330 g/mol. The summed E-state index contributed by atoms with van der Waals surface area (Å²) in [7, 11) is 1.70. The molecule has 2 aromatic rings. The Hall–Kier alpha value is -2.70. The Labute approximate surface area is 140 Å². The molecule has 7 heteroatoms. The van der Waals surface area contributed by atoms with Gasteiger partial charge in [-0.1, -0.05) is 0 Å². The van der Waals surface area contributed by atoms with E-state index >= 15 is 0 Å². The molecule has 0 aliphatic rings. The number of nitrogens with zero attached hydrogens (tertiary/aromatic N) is 3. The molecule has 1 amide bonds. The normalized spacial score (nSPS) is 12.0. The Morgan fingerprint density at radius 2 is 2.08 bits per heavy atom. The summed E-state index contributed by atoms with van der Waals surface area (Å²) in [6.07, 6.45) is 3.78. The van der Waals surface area contributed by atoms with Crippen LogP contribution < -0.4 is 11.2 Å². The number of hydrogen-bond donors (Lipinski definition) is 1. The van der Waals surface area contributed by atoms with Crippen LogP contribution in [0.25, 0.3) is 0 Å². The summed E-state index contributed by atoms with van der Waals surface area (Å²) >= 11 is 0. The molecule has 128 valence electrons. The maximum atomic E-state index is 12.4. The topological polar surface area (TPSA) is 88.1 Å². The molecule has 0 fully saturated rings. The minimum Gasteiger partial charge on any atom is -0.341 e. The maximum absolute atomic E-state index is 12.4. The first kappa shape index (κ1) is 17.7. The van der Waals surface area contributed by atoms with Crippen molar-refractivity contribution in [1.82, 2.24) is 19.4 Å². The molecular formula is C17H22N4O3. The fourth-order valence-electron chi connectivity index (χ4n) is 2.39. The summed E-state index contributed by atoms with van der Waals surface area (Å²) in [6, 6.07) is 3.85. The van der Waals surface area contributed by atoms with Crippen molar-refractivity contribution in [2.24, 2.45) is 0 Å². The first-order chi connectivity index (χ1) is 11.3. The van der Waals surface area contributed by atoms with Gasteiger partial charge in [-0.15, -0.1) is 0 Å². The van der Waals surface area contributed by atoms with Crippen LogP contribution in [0.4, 0.5) is 0 Å². The van der Waals surface area contributed by atoms with Gasteiger partial charge in [-0.2, -0.15) is 0 Å². The number of nitrogens with one attached hydrogen (secondary N) is 1. The second kappa shape index (κ2) is 7.25. The smallest absolute Gasteiger partial charge is 0.328 e. The van der Waals surface area contributed by atoms with Crippen LogP contribution in [0.15, 0.2) is 34.1 Å². The molecule has 0 bridgehead atoms. The minimum atomic E-state index is -0.583. The molecule has 7 nitrogen and oxygen atoms in total. The highest BCUT2D eigenvalue weighted by Gasteiger charge is 2.18. The number of aromatic nitrogens is 3. The minimum absolute atomic E-state index is 0.0636. The lowest BCUT2D eigenvalue weighted by Crippen LogP contribution is -2.41. The number of likely N-dealkylation sites (N-methyl/N-ethyl adjacent to an activating group) is 1. The van der Waals surface area contributed by atoms with E-state index in [2.05, 4.69) is 9.97 Å². The quantitative estimate of drug-likeness (QED) is 0.871. The number of carbonyl (C=O) groups excluding carboxylic acids is 1. The Bertz CT molecular complexity index is 853. The number of amides is 1. The number of pyridine rings is 1. The van der Waals surface area contributed by atoms with Gasteiger partial charge < -0.3 is 4.90 Å². The van der Waals surface area contributed by atoms with Gasteiger partial charge in [0.2, 0.25) is 5.91 Å². The van der Waals surface area contributed by atoms with E-state index in [0.29, 0.717) is 12.0 Å². The van der Waals surface area contributed by atoms with E-state index in [9.17, 15) is 14.4 Å². The summed E-state index contributed by atoms with van der Waals surface area (Å²) in [4.78, 5) is 43.7. The summed E-state index contributed by atoms with van der Waals surface area (Å²) in [5, 5.41) is 0. The number of H-pyrrole nitrogens is 1. The van der Waals surface area contributed by atoms with Crippen LogP contribution in [-0.4, -0.2) is 38.4 Å². The number of hydrogen-bond acceptors (Lipinski definition) is 4. The second-order valence-electron chi connectivity index (χ2n) is 6.08. The van der Waals surface area contributed by atoms with Gasteiger partial charge in [0.15, 0.2) is 0 Å². The molecule has 2 heterocycles. The van der Waals surface area contributed by atoms with E-state index in [4.69, 9.17) is 0 Å². The molecule has 24 heavy (non-hydrogen) atoms. The molecule has 0 saturated carbocycles. The fourth-order valence-corrected chi connectivity index (χ4v) is 2.39. The molecule has 0 radical (unpaired) electrons. The van der Waals surface area contributed by atoms with E-state index in [0.717, 1.165) is 11.3 Å². The maximum Gasteiger partial charge on any atom is 0.328 e. The van der Waals surface area contributed by atoms with Crippen LogP contribution in [0.5, 0.6) is 0 Å². The molecule has 0 saturated heterocycles. The van der Waals surface area contributed by atoms with E-state index in [1.165, 1.54) is 10.8 Å². The van der Waals surface area contributed by atoms with Crippen molar-refractivity contribution in [3.05, 3.63) is 62.2 Å². The van der Waals surface area contributed by atoms with Crippen LogP contribution in [0.1, 0.15) is 23.7 Å². The Balaban J connectivity index is 2.07. The first-order valence-electron chi connectivity index (χ1n) is 7.75. The van der Waals surface area contributed by atoms with Gasteiger partial charge >= 0.3 is 5.69 Å². The van der Waals surface area contributed by atoms with Crippen molar-refractivity contribution in [2.45, 2.75) is 39.8 Å². The average molecular weight is 330 g/mol. The van der Waals surface area contributed by atoms with Crippen molar-refractivity contribution in [2.75, 3.05) is 7.05 Å². The predicted octanol–water partition coefficient (Wildman–Crippen LogP) is 0.638. The van der Waals surface area contributed by atoms with Gasteiger partial charge in [0.25, 0.3) is 5.56 Å². The van der Waals surface area contributed by atoms with Gasteiger partial charge in [-0.3, -0.25) is 24.1 Å². The number of rotatable bonds is 5. The van der Waals surface area contributed by atoms with Crippen molar-refractivity contribution in [3.63, 3.8) is 0 Å². The molecule has 1 unspecified atom stereocenters. The lowest BCUT2D eigenvalue weighted by Gasteiger charge is -2.25. The lowest BCUT2D eigenvalue weighted by molar-refractivity contribution is -0.132. The first-order valence-corrected chi connectivity index (χ1v) is 7.75. The zero-order valence-electron chi connectivity index (χ0n) is 14.4. The van der Waals surface area contributed by atoms with Gasteiger partial charge in [-0.25, -0.2) is 4.79 Å². The molecule has 0 aliphatic carbocycles. The Morgan fingerprint density at radius 3 is 2.75 bits per heavy atom. The molecule has 2 rings (SSSR count). The van der Waals surface area contributed by atoms with Crippen LogP contribution in [0, 0.1) is 13.8 Å². The van der Waals surface area contributed by atoms with Crippen molar-refractivity contribution < 1.29 is 4.79 Å². The summed E-state index contributed by atoms with van der Waals surface area (Å²) < 4.78 is 1.22. The van der Waals surface area contributed by atoms with E-state index < -0.39 is 11.2 Å². The molecule has 0 spiro atoms. The van der Waals surface area contributed by atoms with Crippen LogP contribution >= 0.6 is 0 Å². The van der Waals surface area contributed by atoms with Crippen molar-refractivity contribution in [3.8, 4) is 0 Å². The highest BCUT2D eigenvalue weighted by Crippen LogP contribution is 2.08. The van der Waals surface area contributed by atoms with E-state index in [1.54, 1.807) is 25.1 Å².